The zero-order valence-electron chi connectivity index (χ0n) is 9.61. The Labute approximate surface area is 113 Å². The first kappa shape index (κ1) is 13.7. The van der Waals surface area contributed by atoms with Crippen LogP contribution < -0.4 is 4.72 Å². The highest BCUT2D eigenvalue weighted by Crippen LogP contribution is 2.12. The Bertz CT molecular complexity index is 663. The van der Waals surface area contributed by atoms with Gasteiger partial charge in [0.25, 0.3) is 0 Å². The summed E-state index contributed by atoms with van der Waals surface area (Å²) in [6, 6.07) is 5.02. The van der Waals surface area contributed by atoms with E-state index in [1.54, 1.807) is 11.6 Å². The summed E-state index contributed by atoms with van der Waals surface area (Å²) in [4.78, 5) is 14.7. The third-order valence-corrected chi connectivity index (χ3v) is 4.51. The summed E-state index contributed by atoms with van der Waals surface area (Å²) >= 11 is 1.35. The standard InChI is InChI=1S/C11H10N2O4S2/c14-11(15)8-1-3-9(4-2-8)19(16,17)13-7-10-12-5-6-18-10/h1-6,13H,7H2,(H,14,15). The highest BCUT2D eigenvalue weighted by Gasteiger charge is 2.14. The molecule has 0 aliphatic rings. The van der Waals surface area contributed by atoms with Crippen molar-refractivity contribution in [3.8, 4) is 0 Å². The van der Waals surface area contributed by atoms with Gasteiger partial charge in [-0.2, -0.15) is 0 Å². The zero-order chi connectivity index (χ0) is 13.9. The van der Waals surface area contributed by atoms with Gasteiger partial charge >= 0.3 is 5.97 Å². The van der Waals surface area contributed by atoms with Crippen LogP contribution in [0, 0.1) is 0 Å². The van der Waals surface area contributed by atoms with E-state index in [1.807, 2.05) is 0 Å². The van der Waals surface area contributed by atoms with Crippen LogP contribution in [0.2, 0.25) is 0 Å². The molecule has 100 valence electrons. The van der Waals surface area contributed by atoms with Crippen LogP contribution in [0.15, 0.2) is 40.7 Å². The van der Waals surface area contributed by atoms with E-state index in [9.17, 15) is 13.2 Å². The summed E-state index contributed by atoms with van der Waals surface area (Å²) in [6.45, 7) is 0.112. The maximum Gasteiger partial charge on any atom is 0.335 e. The average molecular weight is 298 g/mol. The van der Waals surface area contributed by atoms with Crippen LogP contribution in [0.5, 0.6) is 0 Å². The first-order chi connectivity index (χ1) is 8.99. The molecule has 8 heteroatoms. The number of hydrogen-bond acceptors (Lipinski definition) is 5. The van der Waals surface area contributed by atoms with Gasteiger partial charge in [0.1, 0.15) is 5.01 Å². The fraction of sp³-hybridized carbons (Fsp3) is 0.0909. The average Bonchev–Trinajstić information content (AvgIpc) is 2.90. The van der Waals surface area contributed by atoms with Crippen LogP contribution in [-0.4, -0.2) is 24.5 Å². The van der Waals surface area contributed by atoms with E-state index in [0.29, 0.717) is 5.01 Å². The molecule has 1 heterocycles. The lowest BCUT2D eigenvalue weighted by Gasteiger charge is -2.05. The van der Waals surface area contributed by atoms with Crippen LogP contribution in [0.1, 0.15) is 15.4 Å². The second-order valence-electron chi connectivity index (χ2n) is 3.58. The minimum Gasteiger partial charge on any atom is -0.478 e. The molecule has 0 radical (unpaired) electrons. The molecule has 0 spiro atoms. The molecule has 0 saturated heterocycles. The van der Waals surface area contributed by atoms with E-state index >= 15 is 0 Å². The highest BCUT2D eigenvalue weighted by molar-refractivity contribution is 7.89. The fourth-order valence-electron chi connectivity index (χ4n) is 1.36. The molecule has 1 aromatic heterocycles. The molecule has 2 aromatic rings. The van der Waals surface area contributed by atoms with Gasteiger partial charge in [-0.3, -0.25) is 0 Å². The van der Waals surface area contributed by atoms with E-state index < -0.39 is 16.0 Å². The van der Waals surface area contributed by atoms with E-state index in [1.165, 1.54) is 35.6 Å². The SMILES string of the molecule is O=C(O)c1ccc(S(=O)(=O)NCc2nccs2)cc1. The molecule has 0 atom stereocenters. The van der Waals surface area contributed by atoms with Crippen LogP contribution in [0.25, 0.3) is 0 Å². The molecule has 0 amide bonds. The number of carboxylic acid groups (broad SMARTS) is 1. The number of rotatable bonds is 5. The summed E-state index contributed by atoms with van der Waals surface area (Å²) < 4.78 is 26.3. The number of aromatic nitrogens is 1. The van der Waals surface area contributed by atoms with Gasteiger partial charge in [0.05, 0.1) is 17.0 Å². The van der Waals surface area contributed by atoms with Crippen LogP contribution in [0.4, 0.5) is 0 Å². The number of carbonyl (C=O) groups is 1. The Morgan fingerprint density at radius 1 is 1.32 bits per heavy atom. The van der Waals surface area contributed by atoms with Gasteiger partial charge < -0.3 is 5.11 Å². The lowest BCUT2D eigenvalue weighted by atomic mass is 10.2. The number of benzene rings is 1. The monoisotopic (exact) mass is 298 g/mol. The van der Waals surface area contributed by atoms with Crippen LogP contribution >= 0.6 is 11.3 Å². The maximum absolute atomic E-state index is 11.9. The molecule has 19 heavy (non-hydrogen) atoms. The first-order valence-electron chi connectivity index (χ1n) is 5.20. The summed E-state index contributed by atoms with van der Waals surface area (Å²) in [5.74, 6) is -1.10. The van der Waals surface area contributed by atoms with Crippen molar-refractivity contribution in [2.75, 3.05) is 0 Å². The van der Waals surface area contributed by atoms with Crippen LogP contribution in [-0.2, 0) is 16.6 Å². The van der Waals surface area contributed by atoms with Crippen molar-refractivity contribution < 1.29 is 18.3 Å². The number of sulfonamides is 1. The molecule has 6 nitrogen and oxygen atoms in total. The maximum atomic E-state index is 11.9. The zero-order valence-corrected chi connectivity index (χ0v) is 11.2. The minimum atomic E-state index is -3.66. The molecule has 2 N–H and O–H groups in total. The van der Waals surface area contributed by atoms with Crippen molar-refractivity contribution in [3.63, 3.8) is 0 Å². The normalized spacial score (nSPS) is 11.4. The van der Waals surface area contributed by atoms with Gasteiger partial charge in [-0.15, -0.1) is 11.3 Å². The van der Waals surface area contributed by atoms with Crippen molar-refractivity contribution in [2.45, 2.75) is 11.4 Å². The van der Waals surface area contributed by atoms with Crippen molar-refractivity contribution >= 4 is 27.3 Å². The topological polar surface area (TPSA) is 96.4 Å². The van der Waals surface area contributed by atoms with Gasteiger partial charge in [0.15, 0.2) is 0 Å². The van der Waals surface area contributed by atoms with Gasteiger partial charge in [0.2, 0.25) is 10.0 Å². The third-order valence-electron chi connectivity index (χ3n) is 2.31. The molecule has 1 aromatic carbocycles. The molecule has 0 saturated carbocycles. The molecule has 0 aliphatic carbocycles. The number of hydrogen-bond donors (Lipinski definition) is 2. The van der Waals surface area contributed by atoms with Crippen molar-refractivity contribution in [2.24, 2.45) is 0 Å². The van der Waals surface area contributed by atoms with Crippen LogP contribution in [0.3, 0.4) is 0 Å². The fourth-order valence-corrected chi connectivity index (χ4v) is 2.99. The Kier molecular flexibility index (Phi) is 3.93. The van der Waals surface area contributed by atoms with Gasteiger partial charge in [-0.1, -0.05) is 0 Å². The lowest BCUT2D eigenvalue weighted by molar-refractivity contribution is 0.0696. The Morgan fingerprint density at radius 2 is 2.00 bits per heavy atom. The molecule has 2 rings (SSSR count). The van der Waals surface area contributed by atoms with Crippen molar-refractivity contribution in [1.29, 1.82) is 0 Å². The number of carboxylic acids is 1. The Hall–Kier alpha value is -1.77. The van der Waals surface area contributed by atoms with E-state index in [4.69, 9.17) is 5.11 Å². The number of aromatic carboxylic acids is 1. The molecule has 0 unspecified atom stereocenters. The van der Waals surface area contributed by atoms with Gasteiger partial charge in [0, 0.05) is 11.6 Å². The summed E-state index contributed by atoms with van der Waals surface area (Å²) in [6.07, 6.45) is 1.59. The second-order valence-corrected chi connectivity index (χ2v) is 6.33. The molecular formula is C11H10N2O4S2. The summed E-state index contributed by atoms with van der Waals surface area (Å²) in [5, 5.41) is 11.1. The summed E-state index contributed by atoms with van der Waals surface area (Å²) in [5.41, 5.74) is 0.0406. The second kappa shape index (κ2) is 5.47. The Morgan fingerprint density at radius 3 is 2.53 bits per heavy atom. The van der Waals surface area contributed by atoms with Gasteiger partial charge in [-0.25, -0.2) is 22.9 Å². The number of nitrogens with zero attached hydrogens (tertiary/aromatic N) is 1. The first-order valence-corrected chi connectivity index (χ1v) is 7.57. The molecule has 0 aliphatic heterocycles. The smallest absolute Gasteiger partial charge is 0.335 e. The predicted octanol–water partition coefficient (Wildman–Crippen LogP) is 1.32. The number of thiazole rings is 1. The highest BCUT2D eigenvalue weighted by atomic mass is 32.2. The van der Waals surface area contributed by atoms with Crippen molar-refractivity contribution in [1.82, 2.24) is 9.71 Å². The lowest BCUT2D eigenvalue weighted by Crippen LogP contribution is -2.23. The van der Waals surface area contributed by atoms with E-state index in [-0.39, 0.29) is 17.0 Å². The summed E-state index contributed by atoms with van der Waals surface area (Å²) in [7, 11) is -3.66. The molecule has 0 fully saturated rings. The largest absolute Gasteiger partial charge is 0.478 e. The molecule has 0 bridgehead atoms. The van der Waals surface area contributed by atoms with Crippen molar-refractivity contribution in [3.05, 3.63) is 46.4 Å². The van der Waals surface area contributed by atoms with Gasteiger partial charge in [-0.05, 0) is 24.3 Å². The predicted molar refractivity (Wildman–Crippen MR) is 69.5 cm³/mol. The number of nitrogens with one attached hydrogen (secondary N) is 1. The quantitative estimate of drug-likeness (QED) is 0.867. The Balaban J connectivity index is 2.13. The minimum absolute atomic E-state index is 0.0223. The third kappa shape index (κ3) is 3.37. The molecular weight excluding hydrogens is 288 g/mol. The van der Waals surface area contributed by atoms with E-state index in [2.05, 4.69) is 9.71 Å². The van der Waals surface area contributed by atoms with E-state index in [0.717, 1.165) is 0 Å².